The molecular formula is C12H25InO5. The average molecular weight is 364 g/mol. The third-order valence-electron chi connectivity index (χ3n) is 2.14. The summed E-state index contributed by atoms with van der Waals surface area (Å²) in [6.45, 7) is 10.7. The van der Waals surface area contributed by atoms with E-state index in [0.717, 1.165) is 26.1 Å². The second kappa shape index (κ2) is 15.0. The Morgan fingerprint density at radius 1 is 1.00 bits per heavy atom. The van der Waals surface area contributed by atoms with E-state index in [2.05, 4.69) is 4.74 Å². The first-order valence-corrected chi connectivity index (χ1v) is 9.70. The predicted octanol–water partition coefficient (Wildman–Crippen LogP) is 1.84. The second-order valence-corrected chi connectivity index (χ2v) is 6.53. The molecule has 0 spiro atoms. The van der Waals surface area contributed by atoms with Crippen molar-refractivity contribution in [1.82, 2.24) is 0 Å². The molecule has 0 aliphatic carbocycles. The first-order valence-electron chi connectivity index (χ1n) is 6.40. The molecule has 0 bridgehead atoms. The van der Waals surface area contributed by atoms with Gasteiger partial charge in [-0.25, -0.2) is 0 Å². The summed E-state index contributed by atoms with van der Waals surface area (Å²) in [5.74, 6) is -1.05. The molecule has 18 heavy (non-hydrogen) atoms. The van der Waals surface area contributed by atoms with Crippen LogP contribution in [0.25, 0.3) is 0 Å². The molecule has 0 fully saturated rings. The van der Waals surface area contributed by atoms with Crippen LogP contribution in [0.3, 0.4) is 0 Å². The maximum atomic E-state index is 11.0. The first kappa shape index (κ1) is 20.3. The van der Waals surface area contributed by atoms with E-state index in [4.69, 9.17) is 5.71 Å². The molecule has 0 heterocycles. The van der Waals surface area contributed by atoms with E-state index in [1.165, 1.54) is 6.92 Å². The molecule has 0 atom stereocenters. The van der Waals surface area contributed by atoms with Crippen molar-refractivity contribution in [2.75, 3.05) is 13.2 Å². The third kappa shape index (κ3) is 14.0. The summed E-state index contributed by atoms with van der Waals surface area (Å²) < 4.78 is 14.5. The van der Waals surface area contributed by atoms with Gasteiger partial charge in [0.05, 0.1) is 5.92 Å². The molecule has 0 amide bonds. The zero-order valence-corrected chi connectivity index (χ0v) is 16.2. The van der Waals surface area contributed by atoms with E-state index in [-0.39, 0.29) is 5.92 Å². The zero-order chi connectivity index (χ0) is 14.4. The summed E-state index contributed by atoms with van der Waals surface area (Å²) in [6.07, 6.45) is 1.45. The van der Waals surface area contributed by atoms with Gasteiger partial charge in [0, 0.05) is 6.92 Å². The molecule has 0 unspecified atom stereocenters. The molecule has 0 aliphatic rings. The second-order valence-electron chi connectivity index (χ2n) is 3.53. The zero-order valence-electron chi connectivity index (χ0n) is 12.2. The summed E-state index contributed by atoms with van der Waals surface area (Å²) >= 11 is -1.11. The molecule has 0 radical (unpaired) electrons. The monoisotopic (exact) mass is 364 g/mol. The minimum atomic E-state index is -1.11. The van der Waals surface area contributed by atoms with Crippen LogP contribution in [0.5, 0.6) is 0 Å². The van der Waals surface area contributed by atoms with Crippen molar-refractivity contribution in [3.05, 3.63) is 0 Å². The van der Waals surface area contributed by atoms with E-state index in [1.54, 1.807) is 0 Å². The number of ether oxygens (including phenoxy) is 1. The number of hydrogen-bond acceptors (Lipinski definition) is 5. The van der Waals surface area contributed by atoms with Gasteiger partial charge in [-0.05, 0) is 12.8 Å². The molecule has 0 saturated heterocycles. The van der Waals surface area contributed by atoms with Crippen LogP contribution in [0.2, 0.25) is 0 Å². The Labute approximate surface area is 122 Å². The Bertz CT molecular complexity index is 213. The van der Waals surface area contributed by atoms with Crippen molar-refractivity contribution in [3.63, 3.8) is 0 Å². The molecule has 0 saturated carbocycles. The SMILES string of the molecule is CCC(CC)C(=O)OC(C)=O.CC[O][InH][O]CC. The molecular weight excluding hydrogens is 339 g/mol. The standard InChI is InChI=1S/C8H14O3.2C2H5O.In.H/c1-4-7(5-2)8(10)11-6(3)9;2*1-2-3;;/h7H,4-5H2,1-3H3;2*2H2,1H3;;/q;2*-1;+2;. The number of carbonyl (C=O) groups is 2. The summed E-state index contributed by atoms with van der Waals surface area (Å²) in [7, 11) is 0. The number of carbonyl (C=O) groups excluding carboxylic acids is 2. The predicted molar refractivity (Wildman–Crippen MR) is 71.2 cm³/mol. The van der Waals surface area contributed by atoms with E-state index in [9.17, 15) is 9.59 Å². The molecule has 5 nitrogen and oxygen atoms in total. The topological polar surface area (TPSA) is 61.8 Å². The van der Waals surface area contributed by atoms with Crippen LogP contribution in [0.1, 0.15) is 47.5 Å². The van der Waals surface area contributed by atoms with E-state index in [0.29, 0.717) is 0 Å². The van der Waals surface area contributed by atoms with Gasteiger partial charge in [0.1, 0.15) is 0 Å². The summed E-state index contributed by atoms with van der Waals surface area (Å²) in [4.78, 5) is 21.3. The number of esters is 2. The normalized spacial score (nSPS) is 9.44. The summed E-state index contributed by atoms with van der Waals surface area (Å²) in [5.41, 5.74) is 0. The van der Waals surface area contributed by atoms with Gasteiger partial charge in [-0.1, -0.05) is 13.8 Å². The molecule has 0 aliphatic heterocycles. The molecule has 106 valence electrons. The van der Waals surface area contributed by atoms with Crippen LogP contribution in [-0.2, 0) is 20.0 Å². The molecule has 0 rings (SSSR count). The maximum absolute atomic E-state index is 11.0. The first-order chi connectivity index (χ1) is 8.53. The quantitative estimate of drug-likeness (QED) is 0.392. The van der Waals surface area contributed by atoms with E-state index >= 15 is 0 Å². The van der Waals surface area contributed by atoms with Crippen LogP contribution in [0.15, 0.2) is 0 Å². The molecule has 0 N–H and O–H groups in total. The third-order valence-corrected chi connectivity index (χ3v) is 5.42. The van der Waals surface area contributed by atoms with Gasteiger partial charge in [0.25, 0.3) is 0 Å². The molecule has 6 heteroatoms. The van der Waals surface area contributed by atoms with Gasteiger partial charge in [-0.2, -0.15) is 0 Å². The number of rotatable bonds is 7. The van der Waals surface area contributed by atoms with Crippen molar-refractivity contribution >= 4 is 35.7 Å². The van der Waals surface area contributed by atoms with Gasteiger partial charge < -0.3 is 4.74 Å². The Kier molecular flexibility index (Phi) is 16.9. The van der Waals surface area contributed by atoms with Crippen LogP contribution >= 0.6 is 0 Å². The molecule has 0 aromatic heterocycles. The van der Waals surface area contributed by atoms with Crippen LogP contribution in [0, 0.1) is 5.92 Å². The van der Waals surface area contributed by atoms with E-state index in [1.807, 2.05) is 27.7 Å². The van der Waals surface area contributed by atoms with Crippen molar-refractivity contribution in [1.29, 1.82) is 0 Å². The van der Waals surface area contributed by atoms with Crippen LogP contribution in [0.4, 0.5) is 0 Å². The Morgan fingerprint density at radius 3 is 1.72 bits per heavy atom. The van der Waals surface area contributed by atoms with Crippen molar-refractivity contribution in [3.8, 4) is 0 Å². The Morgan fingerprint density at radius 2 is 1.44 bits per heavy atom. The summed E-state index contributed by atoms with van der Waals surface area (Å²) in [6, 6.07) is 0. The fourth-order valence-electron chi connectivity index (χ4n) is 1.07. The van der Waals surface area contributed by atoms with Gasteiger partial charge in [-0.3, -0.25) is 9.59 Å². The van der Waals surface area contributed by atoms with Gasteiger partial charge in [0.2, 0.25) is 0 Å². The van der Waals surface area contributed by atoms with Gasteiger partial charge >= 0.3 is 68.5 Å². The van der Waals surface area contributed by atoms with Crippen molar-refractivity contribution in [2.45, 2.75) is 47.5 Å². The minimum absolute atomic E-state index is 0.126. The summed E-state index contributed by atoms with van der Waals surface area (Å²) in [5, 5.41) is 0. The van der Waals surface area contributed by atoms with Crippen molar-refractivity contribution < 1.29 is 20.0 Å². The average Bonchev–Trinajstić information content (AvgIpc) is 2.31. The van der Waals surface area contributed by atoms with E-state index < -0.39 is 35.7 Å². The Hall–Kier alpha value is -0.0699. The van der Waals surface area contributed by atoms with Crippen molar-refractivity contribution in [2.24, 2.45) is 5.92 Å². The van der Waals surface area contributed by atoms with Gasteiger partial charge in [0.15, 0.2) is 0 Å². The fraction of sp³-hybridized carbons (Fsp3) is 0.833. The van der Waals surface area contributed by atoms with Crippen LogP contribution < -0.4 is 0 Å². The van der Waals surface area contributed by atoms with Gasteiger partial charge in [-0.15, -0.1) is 0 Å². The Balaban J connectivity index is 0. The fourth-order valence-corrected chi connectivity index (χ4v) is 2.36. The number of hydrogen-bond donors (Lipinski definition) is 0. The molecule has 0 aromatic rings. The molecule has 0 aromatic carbocycles. The van der Waals surface area contributed by atoms with Crippen LogP contribution in [-0.4, -0.2) is 48.9 Å².